The summed E-state index contributed by atoms with van der Waals surface area (Å²) in [6.07, 6.45) is 21.9. The van der Waals surface area contributed by atoms with Crippen LogP contribution in [0.1, 0.15) is 142 Å². The molecule has 0 aliphatic heterocycles. The Labute approximate surface area is 392 Å². The van der Waals surface area contributed by atoms with Crippen molar-refractivity contribution in [2.45, 2.75) is 142 Å². The molecule has 0 amide bonds. The molecule has 0 aliphatic rings. The monoisotopic (exact) mass is 1030 g/mol. The number of hydrogen-bond donors (Lipinski definition) is 1. The molecule has 0 aliphatic carbocycles. The summed E-state index contributed by atoms with van der Waals surface area (Å²) in [5, 5.41) is 2.56. The summed E-state index contributed by atoms with van der Waals surface area (Å²) in [6, 6.07) is 0. The molecule has 0 fully saturated rings. The molecular weight excluding hydrogens is 981 g/mol. The van der Waals surface area contributed by atoms with Gasteiger partial charge in [0.25, 0.3) is 0 Å². The van der Waals surface area contributed by atoms with Crippen molar-refractivity contribution in [3.05, 3.63) is 116 Å². The highest BCUT2D eigenvalue weighted by Crippen LogP contribution is 2.31. The lowest BCUT2D eigenvalue weighted by molar-refractivity contribution is -0.655. The number of rotatable bonds is 26. The summed E-state index contributed by atoms with van der Waals surface area (Å²) in [7, 11) is 0. The molecule has 4 aromatic rings. The molecule has 0 unspecified atom stereocenters. The minimum atomic E-state index is -7.22. The molecule has 392 valence electrons. The molecule has 4 rings (SSSR count). The van der Waals surface area contributed by atoms with Gasteiger partial charge in [0.05, 0.1) is 13.1 Å². The summed E-state index contributed by atoms with van der Waals surface area (Å²) in [5.74, 6) is -71.4. The molecule has 0 saturated carbocycles. The normalized spacial score (nSPS) is 11.7. The molecule has 0 spiro atoms. The quantitative estimate of drug-likeness (QED) is 0.0212. The average Bonchev–Trinajstić information content (AvgIpc) is 3.34. The molecule has 1 nitrogen and oxygen atoms in total. The van der Waals surface area contributed by atoms with E-state index in [2.05, 4.69) is 19.2 Å². The Balaban J connectivity index is 0.000000442. The van der Waals surface area contributed by atoms with Gasteiger partial charge < -0.3 is 5.32 Å². The maximum atomic E-state index is 15.4. The molecule has 2 N–H and O–H groups in total. The summed E-state index contributed by atoms with van der Waals surface area (Å²) < 4.78 is 294. The smallest absolute Gasteiger partial charge is 0.200 e. The summed E-state index contributed by atoms with van der Waals surface area (Å²) in [5.41, 5.74) is -14.3. The molecular formula is C48H52BF20N. The van der Waals surface area contributed by atoms with Crippen LogP contribution in [-0.2, 0) is 0 Å². The topological polar surface area (TPSA) is 16.6 Å². The van der Waals surface area contributed by atoms with Crippen LogP contribution in [0.25, 0.3) is 0 Å². The van der Waals surface area contributed by atoms with E-state index in [1.54, 1.807) is 0 Å². The van der Waals surface area contributed by atoms with Crippen molar-refractivity contribution in [1.29, 1.82) is 0 Å². The molecule has 0 heterocycles. The van der Waals surface area contributed by atoms with Crippen LogP contribution >= 0.6 is 0 Å². The first-order valence-electron chi connectivity index (χ1n) is 23.2. The van der Waals surface area contributed by atoms with E-state index >= 15 is 35.1 Å². The van der Waals surface area contributed by atoms with Crippen molar-refractivity contribution in [3.8, 4) is 0 Å². The van der Waals surface area contributed by atoms with Crippen LogP contribution in [0, 0.1) is 116 Å². The second kappa shape index (κ2) is 27.9. The lowest BCUT2D eigenvalue weighted by Crippen LogP contribution is -2.84. The van der Waals surface area contributed by atoms with Crippen molar-refractivity contribution in [2.75, 3.05) is 13.1 Å². The number of benzene rings is 4. The third kappa shape index (κ3) is 13.1. The second-order valence-corrected chi connectivity index (χ2v) is 17.0. The standard InChI is InChI=1S/C24BF20.C24H51N/c26-5-1(6(27)14(35)21(42)13(5)34)25(2-7(28)15(36)22(43)16(37)8(2)29,3-9(30)17(38)23(44)18(39)10(3)31)4-11(32)19(40)24(45)20(41)12(4)33;1-3-5-7-9-11-13-15-17-19-21-23-25-24-22-20-18-16-14-12-10-8-6-4-2/h;25H,3-24H2,1-2H3/q-1;/p+1. The van der Waals surface area contributed by atoms with Crippen LogP contribution in [0.5, 0.6) is 0 Å². The van der Waals surface area contributed by atoms with E-state index < -0.39 is 144 Å². The lowest BCUT2D eigenvalue weighted by atomic mass is 9.12. The van der Waals surface area contributed by atoms with Gasteiger partial charge in [-0.05, 0) is 25.7 Å². The maximum Gasteiger partial charge on any atom is 0.200 e. The Morgan fingerprint density at radius 1 is 0.214 bits per heavy atom. The number of nitrogens with two attached hydrogens (primary N) is 1. The number of unbranched alkanes of at least 4 members (excludes halogenated alkanes) is 18. The van der Waals surface area contributed by atoms with Gasteiger partial charge in [0, 0.05) is 0 Å². The van der Waals surface area contributed by atoms with Crippen molar-refractivity contribution in [3.63, 3.8) is 0 Å². The van der Waals surface area contributed by atoms with Gasteiger partial charge in [-0.25, -0.2) is 87.8 Å². The first-order valence-corrected chi connectivity index (χ1v) is 23.2. The van der Waals surface area contributed by atoms with Crippen LogP contribution < -0.4 is 27.2 Å². The third-order valence-corrected chi connectivity index (χ3v) is 12.2. The van der Waals surface area contributed by atoms with Gasteiger partial charge in [0.1, 0.15) is 52.7 Å². The van der Waals surface area contributed by atoms with Gasteiger partial charge in [0.15, 0.2) is 69.8 Å². The number of quaternary nitrogens is 1. The predicted molar refractivity (Wildman–Crippen MR) is 225 cm³/mol. The molecule has 4 aromatic carbocycles. The van der Waals surface area contributed by atoms with Gasteiger partial charge in [-0.15, -0.1) is 21.9 Å². The van der Waals surface area contributed by atoms with Crippen molar-refractivity contribution < 1.29 is 93.1 Å². The largest absolute Gasteiger partial charge is 0.346 e. The van der Waals surface area contributed by atoms with Crippen LogP contribution in [0.4, 0.5) is 87.8 Å². The van der Waals surface area contributed by atoms with Crippen molar-refractivity contribution in [1.82, 2.24) is 0 Å². The van der Waals surface area contributed by atoms with E-state index in [1.165, 1.54) is 142 Å². The highest BCUT2D eigenvalue weighted by Gasteiger charge is 2.52. The molecule has 0 atom stereocenters. The molecule has 70 heavy (non-hydrogen) atoms. The molecule has 0 aromatic heterocycles. The summed E-state index contributed by atoms with van der Waals surface area (Å²) in [4.78, 5) is 0. The van der Waals surface area contributed by atoms with Crippen LogP contribution in [0.15, 0.2) is 0 Å². The third-order valence-electron chi connectivity index (χ3n) is 12.2. The highest BCUT2D eigenvalue weighted by atomic mass is 19.2. The predicted octanol–water partition coefficient (Wildman–Crippen LogP) is 13.2. The van der Waals surface area contributed by atoms with E-state index in [-0.39, 0.29) is 0 Å². The summed E-state index contributed by atoms with van der Waals surface area (Å²) in [6.45, 7) is 7.34. The van der Waals surface area contributed by atoms with Crippen LogP contribution in [0.2, 0.25) is 0 Å². The lowest BCUT2D eigenvalue weighted by Gasteiger charge is -2.44. The zero-order valence-electron chi connectivity index (χ0n) is 38.3. The van der Waals surface area contributed by atoms with Crippen molar-refractivity contribution in [2.24, 2.45) is 0 Å². The van der Waals surface area contributed by atoms with Gasteiger partial charge in [-0.2, -0.15) is 0 Å². The zero-order chi connectivity index (χ0) is 52.6. The minimum Gasteiger partial charge on any atom is -0.346 e. The Morgan fingerprint density at radius 3 is 0.529 bits per heavy atom. The highest BCUT2D eigenvalue weighted by molar-refractivity contribution is 7.20. The molecule has 22 heteroatoms. The van der Waals surface area contributed by atoms with Gasteiger partial charge >= 0.3 is 0 Å². The first kappa shape index (κ1) is 59.8. The Hall–Kier alpha value is -4.50. The first-order chi connectivity index (χ1) is 33.1. The Bertz CT molecular complexity index is 1970. The molecule has 0 saturated heterocycles. The van der Waals surface area contributed by atoms with Gasteiger partial charge in [0.2, 0.25) is 0 Å². The fourth-order valence-electron chi connectivity index (χ4n) is 8.57. The Kier molecular flexibility index (Phi) is 23.9. The number of hydrogen-bond acceptors (Lipinski definition) is 0. The fourth-order valence-corrected chi connectivity index (χ4v) is 8.57. The van der Waals surface area contributed by atoms with E-state index in [9.17, 15) is 52.7 Å². The fraction of sp³-hybridized carbons (Fsp3) is 0.500. The molecule has 0 bridgehead atoms. The van der Waals surface area contributed by atoms with Crippen molar-refractivity contribution >= 4 is 28.0 Å². The molecule has 0 radical (unpaired) electrons. The SMILES string of the molecule is CCCCCCCCCCCC[NH2+]CCCCCCCCCCCC.Fc1c(F)c(F)c([B-](c2c(F)c(F)c(F)c(F)c2F)(c2c(F)c(F)c(F)c(F)c2F)c2c(F)c(F)c(F)c(F)c2F)c(F)c1F. The Morgan fingerprint density at radius 2 is 0.357 bits per heavy atom. The van der Waals surface area contributed by atoms with Gasteiger partial charge in [-0.1, -0.05) is 117 Å². The summed E-state index contributed by atoms with van der Waals surface area (Å²) >= 11 is 0. The van der Waals surface area contributed by atoms with Gasteiger partial charge in [-0.3, -0.25) is 0 Å². The zero-order valence-corrected chi connectivity index (χ0v) is 38.3. The van der Waals surface area contributed by atoms with E-state index in [0.29, 0.717) is 0 Å². The second-order valence-electron chi connectivity index (χ2n) is 17.0. The van der Waals surface area contributed by atoms with E-state index in [1.807, 2.05) is 0 Å². The van der Waals surface area contributed by atoms with Crippen LogP contribution in [0.3, 0.4) is 0 Å². The average molecular weight is 1030 g/mol. The minimum absolute atomic E-state index is 1.37. The number of halogens is 20. The van der Waals surface area contributed by atoms with E-state index in [4.69, 9.17) is 0 Å². The van der Waals surface area contributed by atoms with E-state index in [0.717, 1.165) is 0 Å². The maximum absolute atomic E-state index is 15.4. The van der Waals surface area contributed by atoms with Crippen LogP contribution in [-0.4, -0.2) is 19.2 Å².